The molecule has 2 rings (SSSR count). The fraction of sp³-hybridized carbons (Fsp3) is 0. The molecule has 18 heavy (non-hydrogen) atoms. The summed E-state index contributed by atoms with van der Waals surface area (Å²) in [5.74, 6) is -1.03. The lowest BCUT2D eigenvalue weighted by Crippen LogP contribution is -1.92. The van der Waals surface area contributed by atoms with Crippen molar-refractivity contribution in [2.75, 3.05) is 0 Å². The van der Waals surface area contributed by atoms with Gasteiger partial charge in [-0.15, -0.1) is 0 Å². The number of halogens is 3. The highest BCUT2D eigenvalue weighted by atomic mass is 79.9. The Bertz CT molecular complexity index is 637. The second kappa shape index (κ2) is 5.15. The zero-order valence-corrected chi connectivity index (χ0v) is 10.5. The number of nitrogens with zero attached hydrogens (tertiary/aromatic N) is 1. The lowest BCUT2D eigenvalue weighted by Gasteiger charge is -2.08. The lowest BCUT2D eigenvalue weighted by atomic mass is 10.2. The van der Waals surface area contributed by atoms with Gasteiger partial charge in [-0.3, -0.25) is 0 Å². The van der Waals surface area contributed by atoms with E-state index in [0.29, 0.717) is 4.47 Å². The molecule has 0 aliphatic heterocycles. The second-order valence-electron chi connectivity index (χ2n) is 3.43. The molecule has 5 heteroatoms. The van der Waals surface area contributed by atoms with Gasteiger partial charge in [0.25, 0.3) is 0 Å². The third-order valence-corrected chi connectivity index (χ3v) is 2.67. The smallest absolute Gasteiger partial charge is 0.166 e. The van der Waals surface area contributed by atoms with Gasteiger partial charge in [-0.2, -0.15) is 5.26 Å². The van der Waals surface area contributed by atoms with Crippen molar-refractivity contribution in [1.82, 2.24) is 0 Å². The first-order valence-corrected chi connectivity index (χ1v) is 5.72. The minimum absolute atomic E-state index is 0.0114. The highest BCUT2D eigenvalue weighted by Gasteiger charge is 2.09. The van der Waals surface area contributed by atoms with E-state index in [1.807, 2.05) is 0 Å². The third-order valence-electron chi connectivity index (χ3n) is 2.18. The summed E-state index contributed by atoms with van der Waals surface area (Å²) in [6.07, 6.45) is 0. The molecule has 0 aliphatic carbocycles. The van der Waals surface area contributed by atoms with Crippen molar-refractivity contribution in [2.45, 2.75) is 0 Å². The molecule has 0 heterocycles. The maximum absolute atomic E-state index is 13.5. The second-order valence-corrected chi connectivity index (χ2v) is 4.34. The molecule has 2 aromatic carbocycles. The number of nitriles is 1. The maximum Gasteiger partial charge on any atom is 0.166 e. The molecule has 0 aromatic heterocycles. The molecule has 0 atom stereocenters. The van der Waals surface area contributed by atoms with E-state index in [0.717, 1.165) is 12.1 Å². The molecule has 2 nitrogen and oxygen atoms in total. The normalized spacial score (nSPS) is 9.89. The van der Waals surface area contributed by atoms with Gasteiger partial charge in [0.15, 0.2) is 11.6 Å². The molecule has 0 unspecified atom stereocenters. The zero-order valence-electron chi connectivity index (χ0n) is 8.95. The number of hydrogen-bond acceptors (Lipinski definition) is 2. The summed E-state index contributed by atoms with van der Waals surface area (Å²) >= 11 is 3.12. The maximum atomic E-state index is 13.5. The van der Waals surface area contributed by atoms with Crippen LogP contribution in [0.25, 0.3) is 0 Å². The quantitative estimate of drug-likeness (QED) is 0.824. The summed E-state index contributed by atoms with van der Waals surface area (Å²) in [6.45, 7) is 0. The molecule has 0 N–H and O–H groups in total. The monoisotopic (exact) mass is 309 g/mol. The van der Waals surface area contributed by atoms with Crippen LogP contribution in [-0.2, 0) is 0 Å². The lowest BCUT2D eigenvalue weighted by molar-refractivity contribution is 0.439. The predicted octanol–water partition coefficient (Wildman–Crippen LogP) is 4.39. The molecule has 0 saturated carbocycles. The van der Waals surface area contributed by atoms with Gasteiger partial charge in [0.1, 0.15) is 17.6 Å². The Morgan fingerprint density at radius 1 is 1.06 bits per heavy atom. The summed E-state index contributed by atoms with van der Waals surface area (Å²) in [6, 6.07) is 9.52. The number of rotatable bonds is 2. The zero-order chi connectivity index (χ0) is 13.1. The summed E-state index contributed by atoms with van der Waals surface area (Å²) in [5, 5.41) is 8.84. The molecular weight excluding hydrogens is 304 g/mol. The van der Waals surface area contributed by atoms with Crippen molar-refractivity contribution in [3.63, 3.8) is 0 Å². The largest absolute Gasteiger partial charge is 0.453 e. The highest BCUT2D eigenvalue weighted by molar-refractivity contribution is 9.10. The van der Waals surface area contributed by atoms with E-state index < -0.39 is 11.6 Å². The minimum atomic E-state index is -0.572. The fourth-order valence-electron chi connectivity index (χ4n) is 1.36. The first-order valence-electron chi connectivity index (χ1n) is 4.92. The average molecular weight is 310 g/mol. The molecule has 0 aliphatic rings. The molecule has 0 saturated heterocycles. The first kappa shape index (κ1) is 12.5. The summed E-state index contributed by atoms with van der Waals surface area (Å²) in [4.78, 5) is 0. The van der Waals surface area contributed by atoms with Crippen LogP contribution in [0.4, 0.5) is 8.78 Å². The van der Waals surface area contributed by atoms with Crippen LogP contribution in [0.15, 0.2) is 40.9 Å². The van der Waals surface area contributed by atoms with Gasteiger partial charge in [0, 0.05) is 4.47 Å². The van der Waals surface area contributed by atoms with E-state index in [1.165, 1.54) is 18.2 Å². The third kappa shape index (κ3) is 2.66. The number of hydrogen-bond donors (Lipinski definition) is 0. The number of ether oxygens (including phenoxy) is 1. The van der Waals surface area contributed by atoms with Crippen LogP contribution in [0.3, 0.4) is 0 Å². The van der Waals surface area contributed by atoms with Crippen LogP contribution in [0.2, 0.25) is 0 Å². The van der Waals surface area contributed by atoms with Gasteiger partial charge >= 0.3 is 0 Å². The summed E-state index contributed by atoms with van der Waals surface area (Å²) in [5.41, 5.74) is 0.0114. The van der Waals surface area contributed by atoms with Gasteiger partial charge in [-0.1, -0.05) is 15.9 Å². The van der Waals surface area contributed by atoms with Crippen molar-refractivity contribution >= 4 is 15.9 Å². The van der Waals surface area contributed by atoms with Crippen molar-refractivity contribution in [3.8, 4) is 17.6 Å². The Labute approximate surface area is 111 Å². The molecule has 0 fully saturated rings. The fourth-order valence-corrected chi connectivity index (χ4v) is 1.69. The molecule has 0 amide bonds. The van der Waals surface area contributed by atoms with Crippen molar-refractivity contribution < 1.29 is 13.5 Å². The van der Waals surface area contributed by atoms with E-state index in [2.05, 4.69) is 15.9 Å². The first-order chi connectivity index (χ1) is 8.60. The van der Waals surface area contributed by atoms with E-state index in [1.54, 1.807) is 12.1 Å². The standard InChI is InChI=1S/C13H6BrF2NO/c14-9-1-3-13(11(16)6-9)18-12-4-2-10(15)5-8(12)7-17/h1-6H. The molecular formula is C13H6BrF2NO. The molecule has 90 valence electrons. The van der Waals surface area contributed by atoms with E-state index in [-0.39, 0.29) is 17.1 Å². The molecule has 2 aromatic rings. The van der Waals surface area contributed by atoms with Gasteiger partial charge in [0.05, 0.1) is 5.56 Å². The Morgan fingerprint density at radius 3 is 2.44 bits per heavy atom. The van der Waals surface area contributed by atoms with Crippen molar-refractivity contribution in [3.05, 3.63) is 58.1 Å². The van der Waals surface area contributed by atoms with Crippen LogP contribution in [-0.4, -0.2) is 0 Å². The summed E-state index contributed by atoms with van der Waals surface area (Å²) in [7, 11) is 0. The van der Waals surface area contributed by atoms with Crippen molar-refractivity contribution in [1.29, 1.82) is 5.26 Å². The number of benzene rings is 2. The van der Waals surface area contributed by atoms with Crippen LogP contribution in [0.1, 0.15) is 5.56 Å². The van der Waals surface area contributed by atoms with Gasteiger partial charge in [0.2, 0.25) is 0 Å². The van der Waals surface area contributed by atoms with Crippen molar-refractivity contribution in [2.24, 2.45) is 0 Å². The van der Waals surface area contributed by atoms with Crippen LogP contribution >= 0.6 is 15.9 Å². The summed E-state index contributed by atoms with van der Waals surface area (Å²) < 4.78 is 32.3. The average Bonchev–Trinajstić information content (AvgIpc) is 2.34. The van der Waals surface area contributed by atoms with Crippen LogP contribution in [0.5, 0.6) is 11.5 Å². The Morgan fingerprint density at radius 2 is 1.78 bits per heavy atom. The molecule has 0 spiro atoms. The van der Waals surface area contributed by atoms with E-state index in [9.17, 15) is 8.78 Å². The van der Waals surface area contributed by atoms with Crippen LogP contribution < -0.4 is 4.74 Å². The van der Waals surface area contributed by atoms with E-state index >= 15 is 0 Å². The Kier molecular flexibility index (Phi) is 3.58. The van der Waals surface area contributed by atoms with E-state index in [4.69, 9.17) is 10.00 Å². The Hall–Kier alpha value is -1.93. The highest BCUT2D eigenvalue weighted by Crippen LogP contribution is 2.29. The van der Waals surface area contributed by atoms with Crippen LogP contribution in [0, 0.1) is 23.0 Å². The van der Waals surface area contributed by atoms with Gasteiger partial charge in [-0.05, 0) is 36.4 Å². The topological polar surface area (TPSA) is 33.0 Å². The van der Waals surface area contributed by atoms with Gasteiger partial charge < -0.3 is 4.74 Å². The van der Waals surface area contributed by atoms with Gasteiger partial charge in [-0.25, -0.2) is 8.78 Å². The minimum Gasteiger partial charge on any atom is -0.453 e. The molecule has 0 radical (unpaired) electrons. The predicted molar refractivity (Wildman–Crippen MR) is 65.3 cm³/mol. The SMILES string of the molecule is N#Cc1cc(F)ccc1Oc1ccc(Br)cc1F. The molecule has 0 bridgehead atoms. The Balaban J connectivity index is 2.37.